The molecule has 1 aliphatic heterocycles. The minimum Gasteiger partial charge on any atom is -0.457 e. The van der Waals surface area contributed by atoms with Gasteiger partial charge in [-0.3, -0.25) is 4.79 Å². The predicted molar refractivity (Wildman–Crippen MR) is 124 cm³/mol. The van der Waals surface area contributed by atoms with Crippen LogP contribution < -0.4 is 0 Å². The number of benzene rings is 3. The molecule has 0 bridgehead atoms. The lowest BCUT2D eigenvalue weighted by Crippen LogP contribution is -2.38. The Morgan fingerprint density at radius 2 is 1.64 bits per heavy atom. The van der Waals surface area contributed by atoms with Gasteiger partial charge in [-0.05, 0) is 36.6 Å². The molecule has 0 aliphatic carbocycles. The average Bonchev–Trinajstić information content (AvgIpc) is 2.82. The lowest BCUT2D eigenvalue weighted by Gasteiger charge is -2.35. The van der Waals surface area contributed by atoms with Crippen molar-refractivity contribution in [3.8, 4) is 0 Å². The highest BCUT2D eigenvalue weighted by atomic mass is 19.1. The minimum absolute atomic E-state index is 0.0628. The maximum Gasteiger partial charge on any atom is 0.336 e. The lowest BCUT2D eigenvalue weighted by atomic mass is 9.81. The number of aryl methyl sites for hydroxylation is 1. The van der Waals surface area contributed by atoms with Crippen molar-refractivity contribution in [2.24, 2.45) is 0 Å². The van der Waals surface area contributed by atoms with Crippen LogP contribution >= 0.6 is 0 Å². The summed E-state index contributed by atoms with van der Waals surface area (Å²) in [5, 5.41) is 0. The summed E-state index contributed by atoms with van der Waals surface area (Å²) in [7, 11) is 0. The molecule has 5 heteroatoms. The smallest absolute Gasteiger partial charge is 0.336 e. The summed E-state index contributed by atoms with van der Waals surface area (Å²) in [4.78, 5) is 28.0. The molecule has 3 aromatic rings. The number of halogens is 1. The van der Waals surface area contributed by atoms with Crippen LogP contribution in [0.25, 0.3) is 0 Å². The molecule has 168 valence electrons. The molecule has 4 rings (SSSR count). The van der Waals surface area contributed by atoms with Gasteiger partial charge in [-0.1, -0.05) is 72.8 Å². The predicted octanol–water partition coefficient (Wildman–Crippen LogP) is 5.67. The van der Waals surface area contributed by atoms with Gasteiger partial charge in [0.05, 0.1) is 12.1 Å². The molecule has 0 aromatic heterocycles. The van der Waals surface area contributed by atoms with Gasteiger partial charge in [0, 0.05) is 23.6 Å². The zero-order valence-electron chi connectivity index (χ0n) is 18.8. The second-order valence-corrected chi connectivity index (χ2v) is 8.25. The fourth-order valence-electron chi connectivity index (χ4n) is 4.31. The summed E-state index contributed by atoms with van der Waals surface area (Å²) in [5.41, 5.74) is 4.14. The van der Waals surface area contributed by atoms with Gasteiger partial charge in [0.2, 0.25) is 5.91 Å². The van der Waals surface area contributed by atoms with E-state index in [0.717, 1.165) is 16.7 Å². The Bertz CT molecular complexity index is 1200. The number of hydrogen-bond acceptors (Lipinski definition) is 3. The number of allylic oxidation sites excluding steroid dienone is 1. The number of ether oxygens (including phenoxy) is 1. The van der Waals surface area contributed by atoms with E-state index in [0.29, 0.717) is 16.8 Å². The molecule has 1 aliphatic rings. The van der Waals surface area contributed by atoms with Crippen LogP contribution in [-0.4, -0.2) is 16.8 Å². The first kappa shape index (κ1) is 22.5. The standard InChI is InChI=1S/C28H26FNO3/c1-19-10-6-8-14-23(19)24-16-26(31)30(17-22-13-7-9-15-25(22)29)20(2)27(24)28(32)33-18-21-11-4-3-5-12-21/h3-15,24H,16-18H2,1-2H3. The van der Waals surface area contributed by atoms with Gasteiger partial charge >= 0.3 is 5.97 Å². The molecule has 3 aromatic carbocycles. The molecule has 0 spiro atoms. The number of nitrogens with zero attached hydrogens (tertiary/aromatic N) is 1. The normalized spacial score (nSPS) is 16.2. The number of carbonyl (C=O) groups is 2. The van der Waals surface area contributed by atoms with Crippen molar-refractivity contribution in [1.82, 2.24) is 4.90 Å². The monoisotopic (exact) mass is 443 g/mol. The summed E-state index contributed by atoms with van der Waals surface area (Å²) in [6.07, 6.45) is 0.117. The van der Waals surface area contributed by atoms with Crippen LogP contribution in [0.3, 0.4) is 0 Å². The third-order valence-corrected chi connectivity index (χ3v) is 6.11. The van der Waals surface area contributed by atoms with Crippen LogP contribution in [0.15, 0.2) is 90.1 Å². The van der Waals surface area contributed by atoms with Gasteiger partial charge in [-0.15, -0.1) is 0 Å². The van der Waals surface area contributed by atoms with Gasteiger partial charge in [-0.25, -0.2) is 9.18 Å². The molecule has 33 heavy (non-hydrogen) atoms. The molecule has 1 atom stereocenters. The van der Waals surface area contributed by atoms with Crippen molar-refractivity contribution in [2.75, 3.05) is 0 Å². The molecular formula is C28H26FNO3. The Kier molecular flexibility index (Phi) is 6.68. The first-order chi connectivity index (χ1) is 16.0. The minimum atomic E-state index is -0.462. The highest BCUT2D eigenvalue weighted by Gasteiger charge is 2.37. The molecular weight excluding hydrogens is 417 g/mol. The quantitative estimate of drug-likeness (QED) is 0.461. The summed E-state index contributed by atoms with van der Waals surface area (Å²) < 4.78 is 20.0. The van der Waals surface area contributed by atoms with E-state index in [-0.39, 0.29) is 31.3 Å². The van der Waals surface area contributed by atoms with Crippen LogP contribution in [0.5, 0.6) is 0 Å². The maximum atomic E-state index is 14.3. The van der Waals surface area contributed by atoms with Crippen molar-refractivity contribution in [3.63, 3.8) is 0 Å². The van der Waals surface area contributed by atoms with Crippen molar-refractivity contribution in [2.45, 2.75) is 39.3 Å². The van der Waals surface area contributed by atoms with Crippen LogP contribution in [-0.2, 0) is 27.5 Å². The molecule has 4 nitrogen and oxygen atoms in total. The highest BCUT2D eigenvalue weighted by molar-refractivity contribution is 5.96. The highest BCUT2D eigenvalue weighted by Crippen LogP contribution is 2.39. The van der Waals surface area contributed by atoms with E-state index in [1.165, 1.54) is 11.0 Å². The zero-order chi connectivity index (χ0) is 23.4. The van der Waals surface area contributed by atoms with Crippen molar-refractivity contribution in [1.29, 1.82) is 0 Å². The Labute approximate surface area is 193 Å². The van der Waals surface area contributed by atoms with Gasteiger partial charge in [-0.2, -0.15) is 0 Å². The molecule has 0 N–H and O–H groups in total. The number of rotatable bonds is 6. The Morgan fingerprint density at radius 1 is 0.970 bits per heavy atom. The summed E-state index contributed by atoms with van der Waals surface area (Å²) in [5.74, 6) is -1.41. The Balaban J connectivity index is 1.71. The number of carbonyl (C=O) groups excluding carboxylic acids is 2. The van der Waals surface area contributed by atoms with Gasteiger partial charge in [0.25, 0.3) is 0 Å². The van der Waals surface area contributed by atoms with E-state index in [4.69, 9.17) is 4.74 Å². The number of hydrogen-bond donors (Lipinski definition) is 0. The lowest BCUT2D eigenvalue weighted by molar-refractivity contribution is -0.141. The fourth-order valence-corrected chi connectivity index (χ4v) is 4.31. The van der Waals surface area contributed by atoms with Crippen molar-refractivity contribution < 1.29 is 18.7 Å². The molecule has 0 fully saturated rings. The largest absolute Gasteiger partial charge is 0.457 e. The SMILES string of the molecule is CC1=C(C(=O)OCc2ccccc2)C(c2ccccc2C)CC(=O)N1Cc1ccccc1F. The van der Waals surface area contributed by atoms with E-state index in [1.807, 2.05) is 61.5 Å². The van der Waals surface area contributed by atoms with E-state index in [2.05, 4.69) is 0 Å². The molecule has 1 amide bonds. The maximum absolute atomic E-state index is 14.3. The first-order valence-corrected chi connectivity index (χ1v) is 11.0. The van der Waals surface area contributed by atoms with Crippen LogP contribution in [0.1, 0.15) is 41.5 Å². The molecule has 1 unspecified atom stereocenters. The van der Waals surface area contributed by atoms with Crippen molar-refractivity contribution in [3.05, 3.63) is 118 Å². The first-order valence-electron chi connectivity index (χ1n) is 11.0. The Morgan fingerprint density at radius 3 is 2.36 bits per heavy atom. The molecule has 0 saturated carbocycles. The topological polar surface area (TPSA) is 46.6 Å². The summed E-state index contributed by atoms with van der Waals surface area (Å²) in [6, 6.07) is 23.6. The average molecular weight is 444 g/mol. The third-order valence-electron chi connectivity index (χ3n) is 6.11. The van der Waals surface area contributed by atoms with Crippen LogP contribution in [0.2, 0.25) is 0 Å². The Hall–Kier alpha value is -3.73. The van der Waals surface area contributed by atoms with Crippen LogP contribution in [0.4, 0.5) is 4.39 Å². The van der Waals surface area contributed by atoms with Crippen LogP contribution in [0, 0.1) is 12.7 Å². The molecule has 0 radical (unpaired) electrons. The second-order valence-electron chi connectivity index (χ2n) is 8.25. The van der Waals surface area contributed by atoms with E-state index in [1.54, 1.807) is 25.1 Å². The molecule has 1 heterocycles. The van der Waals surface area contributed by atoms with Gasteiger partial charge < -0.3 is 9.64 Å². The van der Waals surface area contributed by atoms with Gasteiger partial charge in [0.1, 0.15) is 12.4 Å². The summed E-state index contributed by atoms with van der Waals surface area (Å²) in [6.45, 7) is 3.90. The number of esters is 1. The molecule has 0 saturated heterocycles. The van der Waals surface area contributed by atoms with E-state index >= 15 is 0 Å². The summed E-state index contributed by atoms with van der Waals surface area (Å²) >= 11 is 0. The fraction of sp³-hybridized carbons (Fsp3) is 0.214. The number of amides is 1. The zero-order valence-corrected chi connectivity index (χ0v) is 18.8. The van der Waals surface area contributed by atoms with Crippen molar-refractivity contribution >= 4 is 11.9 Å². The van der Waals surface area contributed by atoms with E-state index < -0.39 is 11.9 Å². The van der Waals surface area contributed by atoms with Gasteiger partial charge in [0.15, 0.2) is 0 Å². The third kappa shape index (κ3) is 4.87. The van der Waals surface area contributed by atoms with E-state index in [9.17, 15) is 14.0 Å². The second kappa shape index (κ2) is 9.82.